The highest BCUT2D eigenvalue weighted by atomic mass is 127. The van der Waals surface area contributed by atoms with E-state index in [2.05, 4.69) is 27.0 Å². The van der Waals surface area contributed by atoms with Gasteiger partial charge in [-0.15, -0.1) is 24.0 Å². The van der Waals surface area contributed by atoms with Crippen LogP contribution in [-0.4, -0.2) is 110 Å². The van der Waals surface area contributed by atoms with Crippen LogP contribution in [0.1, 0.15) is 33.1 Å². The number of halogens is 1. The fourth-order valence-corrected chi connectivity index (χ4v) is 3.47. The second-order valence-electron chi connectivity index (χ2n) is 7.59. The van der Waals surface area contributed by atoms with E-state index in [1.165, 1.54) is 0 Å². The Balaban J connectivity index is 0.00000392. The minimum atomic E-state index is -0.0652. The van der Waals surface area contributed by atoms with Crippen molar-refractivity contribution in [1.82, 2.24) is 24.9 Å². The summed E-state index contributed by atoms with van der Waals surface area (Å²) < 4.78 is 0. The highest BCUT2D eigenvalue weighted by Gasteiger charge is 2.30. The Labute approximate surface area is 186 Å². The van der Waals surface area contributed by atoms with Gasteiger partial charge in [-0.05, 0) is 26.2 Å². The number of carbonyl (C=O) groups excluding carboxylic acids is 2. The van der Waals surface area contributed by atoms with Crippen LogP contribution in [0.4, 0.5) is 0 Å². The molecule has 0 spiro atoms. The highest BCUT2D eigenvalue weighted by Crippen LogP contribution is 2.14. The molecule has 2 heterocycles. The van der Waals surface area contributed by atoms with Crippen molar-refractivity contribution >= 4 is 41.8 Å². The first-order chi connectivity index (χ1) is 12.9. The summed E-state index contributed by atoms with van der Waals surface area (Å²) in [5.74, 6) is 1.05. The average molecular weight is 508 g/mol. The predicted octanol–water partition coefficient (Wildman–Crippen LogP) is 0.677. The third-order valence-corrected chi connectivity index (χ3v) is 5.33. The quantitative estimate of drug-likeness (QED) is 0.325. The number of guanidine groups is 1. The first kappa shape index (κ1) is 24.9. The molecule has 2 rings (SSSR count). The fraction of sp³-hybridized carbons (Fsp3) is 0.842. The van der Waals surface area contributed by atoms with Crippen molar-refractivity contribution in [3.8, 4) is 0 Å². The molecule has 0 aliphatic carbocycles. The normalized spacial score (nSPS) is 19.2. The molecule has 28 heavy (non-hydrogen) atoms. The molecule has 0 radical (unpaired) electrons. The molecule has 162 valence electrons. The Bertz CT molecular complexity index is 529. The molecule has 0 saturated carbocycles. The minimum absolute atomic E-state index is 0. The largest absolute Gasteiger partial charge is 0.356 e. The molecule has 8 nitrogen and oxygen atoms in total. The van der Waals surface area contributed by atoms with E-state index >= 15 is 0 Å². The lowest BCUT2D eigenvalue weighted by atomic mass is 10.2. The van der Waals surface area contributed by atoms with Gasteiger partial charge in [-0.1, -0.05) is 6.92 Å². The SMILES string of the molecule is CCCNC(=NCC(=O)N(C)C)N1CCN(C(C)C(=O)N2CCCC2)CC1.I. The molecule has 2 fully saturated rings. The number of nitrogens with one attached hydrogen (secondary N) is 1. The van der Waals surface area contributed by atoms with Gasteiger partial charge in [0, 0.05) is 59.9 Å². The van der Waals surface area contributed by atoms with Crippen LogP contribution in [0.2, 0.25) is 0 Å². The first-order valence-electron chi connectivity index (χ1n) is 10.2. The zero-order valence-corrected chi connectivity index (χ0v) is 20.1. The maximum atomic E-state index is 12.6. The number of likely N-dealkylation sites (tertiary alicyclic amines) is 1. The number of likely N-dealkylation sites (N-methyl/N-ethyl adjacent to an activating group) is 1. The molecule has 0 aromatic carbocycles. The van der Waals surface area contributed by atoms with E-state index in [0.29, 0.717) is 0 Å². The van der Waals surface area contributed by atoms with E-state index in [4.69, 9.17) is 0 Å². The van der Waals surface area contributed by atoms with Crippen LogP contribution in [0.15, 0.2) is 4.99 Å². The van der Waals surface area contributed by atoms with Crippen LogP contribution in [0.25, 0.3) is 0 Å². The number of piperazine rings is 1. The minimum Gasteiger partial charge on any atom is -0.356 e. The van der Waals surface area contributed by atoms with Crippen molar-refractivity contribution in [3.63, 3.8) is 0 Å². The molecule has 2 amide bonds. The van der Waals surface area contributed by atoms with Crippen molar-refractivity contribution in [2.75, 3.05) is 66.5 Å². The van der Waals surface area contributed by atoms with Crippen molar-refractivity contribution < 1.29 is 9.59 Å². The maximum Gasteiger partial charge on any atom is 0.243 e. The molecule has 0 bridgehead atoms. The second kappa shape index (κ2) is 12.5. The van der Waals surface area contributed by atoms with Crippen LogP contribution in [0.5, 0.6) is 0 Å². The van der Waals surface area contributed by atoms with Gasteiger partial charge in [0.05, 0.1) is 6.04 Å². The molecule has 0 aromatic rings. The number of carbonyl (C=O) groups is 2. The summed E-state index contributed by atoms with van der Waals surface area (Å²) in [5, 5.41) is 3.36. The number of nitrogens with zero attached hydrogens (tertiary/aromatic N) is 5. The van der Waals surface area contributed by atoms with Gasteiger partial charge in [0.25, 0.3) is 0 Å². The second-order valence-corrected chi connectivity index (χ2v) is 7.59. The van der Waals surface area contributed by atoms with E-state index in [-0.39, 0.29) is 48.4 Å². The Morgan fingerprint density at radius 1 is 1.04 bits per heavy atom. The van der Waals surface area contributed by atoms with Crippen molar-refractivity contribution in [3.05, 3.63) is 0 Å². The van der Waals surface area contributed by atoms with Crippen LogP contribution < -0.4 is 5.32 Å². The maximum absolute atomic E-state index is 12.6. The standard InChI is InChI=1S/C19H36N6O2.HI/c1-5-8-20-19(21-15-17(26)22(3)4)25-13-11-23(12-14-25)16(2)18(27)24-9-6-7-10-24;/h16H,5-15H2,1-4H3,(H,20,21);1H. The highest BCUT2D eigenvalue weighted by molar-refractivity contribution is 14.0. The lowest BCUT2D eigenvalue weighted by Crippen LogP contribution is -2.57. The van der Waals surface area contributed by atoms with Gasteiger partial charge in [0.2, 0.25) is 11.8 Å². The van der Waals surface area contributed by atoms with Crippen molar-refractivity contribution in [1.29, 1.82) is 0 Å². The lowest BCUT2D eigenvalue weighted by molar-refractivity contribution is -0.135. The molecular weight excluding hydrogens is 471 g/mol. The monoisotopic (exact) mass is 508 g/mol. The molecule has 1 atom stereocenters. The number of aliphatic imine (C=N–C) groups is 1. The summed E-state index contributed by atoms with van der Waals surface area (Å²) in [6.07, 6.45) is 3.25. The Morgan fingerprint density at radius 3 is 2.18 bits per heavy atom. The van der Waals surface area contributed by atoms with Crippen LogP contribution in [0, 0.1) is 0 Å². The van der Waals surface area contributed by atoms with Crippen LogP contribution >= 0.6 is 24.0 Å². The summed E-state index contributed by atoms with van der Waals surface area (Å²) in [6, 6.07) is -0.0652. The van der Waals surface area contributed by atoms with Gasteiger partial charge in [-0.25, -0.2) is 4.99 Å². The molecule has 2 aliphatic heterocycles. The van der Waals surface area contributed by atoms with Crippen LogP contribution in [-0.2, 0) is 9.59 Å². The predicted molar refractivity (Wildman–Crippen MR) is 123 cm³/mol. The summed E-state index contributed by atoms with van der Waals surface area (Å²) in [6.45, 7) is 10.2. The number of hydrogen-bond donors (Lipinski definition) is 1. The third-order valence-electron chi connectivity index (χ3n) is 5.33. The first-order valence-corrected chi connectivity index (χ1v) is 10.2. The summed E-state index contributed by atoms with van der Waals surface area (Å²) >= 11 is 0. The molecule has 2 saturated heterocycles. The van der Waals surface area contributed by atoms with E-state index in [1.54, 1.807) is 19.0 Å². The summed E-state index contributed by atoms with van der Waals surface area (Å²) in [5.41, 5.74) is 0. The fourth-order valence-electron chi connectivity index (χ4n) is 3.47. The average Bonchev–Trinajstić information content (AvgIpc) is 3.21. The smallest absolute Gasteiger partial charge is 0.243 e. The number of amides is 2. The molecular formula is C19H37IN6O2. The summed E-state index contributed by atoms with van der Waals surface area (Å²) in [4.78, 5) is 37.0. The Morgan fingerprint density at radius 2 is 1.64 bits per heavy atom. The van der Waals surface area contributed by atoms with E-state index in [0.717, 1.165) is 71.0 Å². The number of hydrogen-bond acceptors (Lipinski definition) is 4. The van der Waals surface area contributed by atoms with Gasteiger partial charge < -0.3 is 20.0 Å². The molecule has 1 unspecified atom stereocenters. The van der Waals surface area contributed by atoms with Crippen molar-refractivity contribution in [2.24, 2.45) is 4.99 Å². The summed E-state index contributed by atoms with van der Waals surface area (Å²) in [7, 11) is 3.49. The molecule has 9 heteroatoms. The topological polar surface area (TPSA) is 71.5 Å². The lowest BCUT2D eigenvalue weighted by Gasteiger charge is -2.39. The Hall–Kier alpha value is -1.10. The van der Waals surface area contributed by atoms with E-state index < -0.39 is 0 Å². The molecule has 0 aromatic heterocycles. The molecule has 1 N–H and O–H groups in total. The van der Waals surface area contributed by atoms with Crippen molar-refractivity contribution in [2.45, 2.75) is 39.2 Å². The van der Waals surface area contributed by atoms with Gasteiger partial charge in [-0.3, -0.25) is 14.5 Å². The zero-order valence-electron chi connectivity index (χ0n) is 17.8. The van der Waals surface area contributed by atoms with Gasteiger partial charge in [-0.2, -0.15) is 0 Å². The Kier molecular flexibility index (Phi) is 11.1. The van der Waals surface area contributed by atoms with Gasteiger partial charge >= 0.3 is 0 Å². The molecule has 2 aliphatic rings. The zero-order chi connectivity index (χ0) is 19.8. The number of rotatable bonds is 6. The van der Waals surface area contributed by atoms with Gasteiger partial charge in [0.1, 0.15) is 6.54 Å². The van der Waals surface area contributed by atoms with Gasteiger partial charge in [0.15, 0.2) is 5.96 Å². The van der Waals surface area contributed by atoms with E-state index in [9.17, 15) is 9.59 Å². The van der Waals surface area contributed by atoms with E-state index in [1.807, 2.05) is 11.8 Å². The van der Waals surface area contributed by atoms with Crippen LogP contribution in [0.3, 0.4) is 0 Å². The third kappa shape index (κ3) is 7.06.